The lowest BCUT2D eigenvalue weighted by Gasteiger charge is -1.98. The normalized spacial score (nSPS) is 13.9. The van der Waals surface area contributed by atoms with Crippen molar-refractivity contribution in [2.75, 3.05) is 5.32 Å². The van der Waals surface area contributed by atoms with Crippen LogP contribution in [0.25, 0.3) is 0 Å². The molecule has 0 amide bonds. The largest absolute Gasteiger partial charge is 0.355 e. The highest BCUT2D eigenvalue weighted by Gasteiger charge is 2.14. The van der Waals surface area contributed by atoms with Crippen molar-refractivity contribution >= 4 is 28.0 Å². The highest BCUT2D eigenvalue weighted by atomic mass is 32.1. The van der Waals surface area contributed by atoms with Gasteiger partial charge in [0.05, 0.1) is 6.54 Å². The van der Waals surface area contributed by atoms with Crippen LogP contribution in [-0.4, -0.2) is 9.36 Å². The molecule has 0 radical (unpaired) electrons. The molecule has 1 aliphatic carbocycles. The quantitative estimate of drug-likeness (QED) is 0.922. The van der Waals surface area contributed by atoms with Crippen LogP contribution in [0.1, 0.15) is 34.5 Å². The average molecular weight is 265 g/mol. The van der Waals surface area contributed by atoms with E-state index in [0.29, 0.717) is 0 Å². The number of thiophene rings is 1. The molecule has 3 nitrogen and oxygen atoms in total. The maximum Gasteiger partial charge on any atom is 0.202 e. The smallest absolute Gasteiger partial charge is 0.202 e. The van der Waals surface area contributed by atoms with Crippen LogP contribution in [0, 0.1) is 0 Å². The van der Waals surface area contributed by atoms with Crippen LogP contribution in [0.2, 0.25) is 0 Å². The molecule has 1 aliphatic rings. The van der Waals surface area contributed by atoms with E-state index in [1.165, 1.54) is 35.7 Å². The number of rotatable bonds is 4. The van der Waals surface area contributed by atoms with E-state index in [1.54, 1.807) is 10.4 Å². The van der Waals surface area contributed by atoms with Crippen LogP contribution in [0.15, 0.2) is 6.07 Å². The Labute approximate surface area is 109 Å². The van der Waals surface area contributed by atoms with E-state index < -0.39 is 0 Å². The molecule has 0 spiro atoms. The first-order valence-electron chi connectivity index (χ1n) is 6.02. The molecule has 90 valence electrons. The average Bonchev–Trinajstić information content (AvgIpc) is 3.01. The zero-order valence-electron chi connectivity index (χ0n) is 9.82. The molecule has 0 aliphatic heterocycles. The van der Waals surface area contributed by atoms with Crippen molar-refractivity contribution in [1.82, 2.24) is 9.36 Å². The summed E-state index contributed by atoms with van der Waals surface area (Å²) in [5.74, 6) is 0.936. The third-order valence-corrected chi connectivity index (χ3v) is 4.94. The number of nitrogens with one attached hydrogen (secondary N) is 1. The molecule has 0 saturated carbocycles. The molecular formula is C12H15N3S2. The van der Waals surface area contributed by atoms with Gasteiger partial charge in [-0.3, -0.25) is 0 Å². The van der Waals surface area contributed by atoms with Crippen molar-refractivity contribution in [2.24, 2.45) is 0 Å². The summed E-state index contributed by atoms with van der Waals surface area (Å²) in [5.41, 5.74) is 1.57. The number of anilines is 1. The second kappa shape index (κ2) is 4.74. The Balaban J connectivity index is 1.63. The zero-order chi connectivity index (χ0) is 11.7. The third-order valence-electron chi connectivity index (χ3n) is 3.00. The molecule has 1 N–H and O–H groups in total. The lowest BCUT2D eigenvalue weighted by molar-refractivity contribution is 0.913. The van der Waals surface area contributed by atoms with Gasteiger partial charge in [0.2, 0.25) is 5.13 Å². The molecule has 0 atom stereocenters. The van der Waals surface area contributed by atoms with Crippen molar-refractivity contribution in [2.45, 2.75) is 39.2 Å². The fraction of sp³-hybridized carbons (Fsp3) is 0.500. The summed E-state index contributed by atoms with van der Waals surface area (Å²) in [4.78, 5) is 7.42. The van der Waals surface area contributed by atoms with E-state index in [4.69, 9.17) is 0 Å². The predicted molar refractivity (Wildman–Crippen MR) is 73.0 cm³/mol. The minimum atomic E-state index is 0.885. The molecule has 3 rings (SSSR count). The van der Waals surface area contributed by atoms with Crippen LogP contribution < -0.4 is 5.32 Å². The van der Waals surface area contributed by atoms with E-state index in [9.17, 15) is 0 Å². The first-order chi connectivity index (χ1) is 8.35. The molecule has 0 fully saturated rings. The number of aromatic nitrogens is 2. The van der Waals surface area contributed by atoms with Crippen LogP contribution in [0.5, 0.6) is 0 Å². The topological polar surface area (TPSA) is 37.8 Å². The van der Waals surface area contributed by atoms with Gasteiger partial charge in [0, 0.05) is 27.7 Å². The number of nitrogens with zero attached hydrogens (tertiary/aromatic N) is 2. The molecule has 5 heteroatoms. The Bertz CT molecular complexity index is 494. The highest BCUT2D eigenvalue weighted by molar-refractivity contribution is 7.12. The fourth-order valence-electron chi connectivity index (χ4n) is 2.11. The monoisotopic (exact) mass is 265 g/mol. The summed E-state index contributed by atoms with van der Waals surface area (Å²) in [5, 5.41) is 4.30. The Morgan fingerprint density at radius 2 is 2.35 bits per heavy atom. The van der Waals surface area contributed by atoms with E-state index in [2.05, 4.69) is 27.7 Å². The van der Waals surface area contributed by atoms with Gasteiger partial charge in [0.15, 0.2) is 0 Å². The lowest BCUT2D eigenvalue weighted by Crippen LogP contribution is -1.97. The van der Waals surface area contributed by atoms with Gasteiger partial charge >= 0.3 is 0 Å². The zero-order valence-corrected chi connectivity index (χ0v) is 11.5. The Kier molecular flexibility index (Phi) is 3.11. The van der Waals surface area contributed by atoms with Crippen LogP contribution in [0.3, 0.4) is 0 Å². The first kappa shape index (κ1) is 11.2. The Hall–Kier alpha value is -0.940. The molecule has 0 aromatic carbocycles. The molecule has 0 unspecified atom stereocenters. The number of hydrogen-bond donors (Lipinski definition) is 1. The van der Waals surface area contributed by atoms with Crippen molar-refractivity contribution in [3.63, 3.8) is 0 Å². The second-order valence-electron chi connectivity index (χ2n) is 4.24. The summed E-state index contributed by atoms with van der Waals surface area (Å²) in [6.45, 7) is 2.96. The van der Waals surface area contributed by atoms with Crippen molar-refractivity contribution in [3.8, 4) is 0 Å². The molecular weight excluding hydrogens is 250 g/mol. The van der Waals surface area contributed by atoms with Crippen LogP contribution >= 0.6 is 22.9 Å². The van der Waals surface area contributed by atoms with Gasteiger partial charge in [0.25, 0.3) is 0 Å². The van der Waals surface area contributed by atoms with E-state index in [1.807, 2.05) is 11.3 Å². The maximum atomic E-state index is 4.41. The molecule has 17 heavy (non-hydrogen) atoms. The third kappa shape index (κ3) is 2.35. The van der Waals surface area contributed by atoms with E-state index >= 15 is 0 Å². The van der Waals surface area contributed by atoms with E-state index in [-0.39, 0.29) is 0 Å². The van der Waals surface area contributed by atoms with Crippen molar-refractivity contribution in [3.05, 3.63) is 27.2 Å². The molecule has 0 bridgehead atoms. The number of fused-ring (bicyclic) bond motifs is 1. The van der Waals surface area contributed by atoms with Gasteiger partial charge in [-0.25, -0.2) is 4.98 Å². The minimum Gasteiger partial charge on any atom is -0.355 e. The second-order valence-corrected chi connectivity index (χ2v) is 6.21. The lowest BCUT2D eigenvalue weighted by atomic mass is 10.2. The van der Waals surface area contributed by atoms with Crippen molar-refractivity contribution < 1.29 is 0 Å². The SMILES string of the molecule is CCc1nsc(NCc2cc3c(s2)CCC3)n1. The molecule has 2 aromatic rings. The van der Waals surface area contributed by atoms with Gasteiger partial charge in [-0.2, -0.15) is 4.37 Å². The summed E-state index contributed by atoms with van der Waals surface area (Å²) < 4.78 is 4.27. The molecule has 0 saturated heterocycles. The van der Waals surface area contributed by atoms with Gasteiger partial charge in [-0.15, -0.1) is 11.3 Å². The van der Waals surface area contributed by atoms with Gasteiger partial charge in [-0.1, -0.05) is 6.92 Å². The van der Waals surface area contributed by atoms with E-state index in [0.717, 1.165) is 23.9 Å². The van der Waals surface area contributed by atoms with Gasteiger partial charge in [-0.05, 0) is 30.9 Å². The van der Waals surface area contributed by atoms with Gasteiger partial charge in [0.1, 0.15) is 5.82 Å². The summed E-state index contributed by atoms with van der Waals surface area (Å²) >= 11 is 3.40. The van der Waals surface area contributed by atoms with Crippen LogP contribution in [0.4, 0.5) is 5.13 Å². The highest BCUT2D eigenvalue weighted by Crippen LogP contribution is 2.31. The number of aryl methyl sites for hydroxylation is 3. The standard InChI is InChI=1S/C12H15N3S2/c1-2-11-14-12(17-15-11)13-7-9-6-8-4-3-5-10(8)16-9/h6H,2-5,7H2,1H3,(H,13,14,15). The Morgan fingerprint density at radius 3 is 3.12 bits per heavy atom. The first-order valence-corrected chi connectivity index (χ1v) is 7.61. The summed E-state index contributed by atoms with van der Waals surface area (Å²) in [7, 11) is 0. The maximum absolute atomic E-state index is 4.41. The molecule has 2 heterocycles. The van der Waals surface area contributed by atoms with Crippen LogP contribution in [-0.2, 0) is 25.8 Å². The fourth-order valence-corrected chi connectivity index (χ4v) is 3.96. The van der Waals surface area contributed by atoms with Crippen molar-refractivity contribution in [1.29, 1.82) is 0 Å². The molecule has 2 aromatic heterocycles. The minimum absolute atomic E-state index is 0.885. The number of hydrogen-bond acceptors (Lipinski definition) is 5. The van der Waals surface area contributed by atoms with Gasteiger partial charge < -0.3 is 5.32 Å². The summed E-state index contributed by atoms with van der Waals surface area (Å²) in [6.07, 6.45) is 4.79. The summed E-state index contributed by atoms with van der Waals surface area (Å²) in [6, 6.07) is 2.35. The predicted octanol–water partition coefficient (Wildman–Crippen LogP) is 3.26. The Morgan fingerprint density at radius 1 is 1.41 bits per heavy atom.